The summed E-state index contributed by atoms with van der Waals surface area (Å²) in [5.41, 5.74) is 3.08. The summed E-state index contributed by atoms with van der Waals surface area (Å²) in [6.45, 7) is 7.79. The Bertz CT molecular complexity index is 1140. The Morgan fingerprint density at radius 3 is 2.68 bits per heavy atom. The van der Waals surface area contributed by atoms with Gasteiger partial charge in [0.2, 0.25) is 17.6 Å². The summed E-state index contributed by atoms with van der Waals surface area (Å²) < 4.78 is 5.47. The number of anilines is 1. The minimum absolute atomic E-state index is 0.0133. The Kier molecular flexibility index (Phi) is 7.37. The number of benzene rings is 2. The molecule has 1 atom stereocenters. The number of nitrogens with zero attached hydrogens (tertiary/aromatic N) is 3. The van der Waals surface area contributed by atoms with Crippen LogP contribution in [-0.4, -0.2) is 46.0 Å². The van der Waals surface area contributed by atoms with Crippen molar-refractivity contribution in [2.75, 3.05) is 18.4 Å². The van der Waals surface area contributed by atoms with Gasteiger partial charge in [0, 0.05) is 18.2 Å². The molecule has 8 heteroatoms. The number of nitrogens with one attached hydrogen (secondary N) is 2. The number of likely N-dealkylation sites (tertiary alicyclic amines) is 1. The second kappa shape index (κ2) is 10.6. The predicted octanol–water partition coefficient (Wildman–Crippen LogP) is 4.03. The minimum atomic E-state index is -0.197. The average molecular weight is 462 g/mol. The second-order valence-corrected chi connectivity index (χ2v) is 9.12. The molecule has 1 saturated heterocycles. The van der Waals surface area contributed by atoms with Gasteiger partial charge < -0.3 is 15.2 Å². The smallest absolute Gasteiger partial charge is 0.253 e. The number of aromatic nitrogens is 2. The van der Waals surface area contributed by atoms with Crippen LogP contribution in [0.2, 0.25) is 0 Å². The van der Waals surface area contributed by atoms with Crippen LogP contribution in [0.1, 0.15) is 48.5 Å². The van der Waals surface area contributed by atoms with Gasteiger partial charge in [0.05, 0.1) is 23.7 Å². The molecule has 0 bridgehead atoms. The van der Waals surface area contributed by atoms with Gasteiger partial charge in [0.25, 0.3) is 5.91 Å². The Labute approximate surface area is 199 Å². The van der Waals surface area contributed by atoms with Crippen molar-refractivity contribution in [1.29, 1.82) is 0 Å². The summed E-state index contributed by atoms with van der Waals surface area (Å²) in [6.07, 6.45) is 1.69. The van der Waals surface area contributed by atoms with E-state index in [0.29, 0.717) is 36.1 Å². The lowest BCUT2D eigenvalue weighted by atomic mass is 9.96. The molecule has 1 unspecified atom stereocenters. The monoisotopic (exact) mass is 461 g/mol. The summed E-state index contributed by atoms with van der Waals surface area (Å²) in [5.74, 6) is 0.636. The number of carbonyl (C=O) groups excluding carboxylic acids is 2. The van der Waals surface area contributed by atoms with Gasteiger partial charge in [-0.3, -0.25) is 14.5 Å². The van der Waals surface area contributed by atoms with Crippen molar-refractivity contribution in [1.82, 2.24) is 20.4 Å². The van der Waals surface area contributed by atoms with Crippen molar-refractivity contribution in [3.05, 3.63) is 65.5 Å². The van der Waals surface area contributed by atoms with Gasteiger partial charge in [-0.1, -0.05) is 47.1 Å². The van der Waals surface area contributed by atoms with E-state index in [1.165, 1.54) is 5.56 Å². The van der Waals surface area contributed by atoms with E-state index in [0.717, 1.165) is 24.9 Å². The molecular weight excluding hydrogens is 430 g/mol. The van der Waals surface area contributed by atoms with Gasteiger partial charge >= 0.3 is 0 Å². The van der Waals surface area contributed by atoms with Crippen molar-refractivity contribution in [2.24, 2.45) is 5.92 Å². The first-order valence-corrected chi connectivity index (χ1v) is 11.7. The maximum absolute atomic E-state index is 13.1. The average Bonchev–Trinajstić information content (AvgIpc) is 3.28. The molecule has 2 amide bonds. The summed E-state index contributed by atoms with van der Waals surface area (Å²) in [6, 6.07) is 15.1. The zero-order chi connectivity index (χ0) is 24.1. The zero-order valence-electron chi connectivity index (χ0n) is 19.9. The van der Waals surface area contributed by atoms with E-state index >= 15 is 0 Å². The Hall–Kier alpha value is -3.52. The minimum Gasteiger partial charge on any atom is -0.350 e. The van der Waals surface area contributed by atoms with Crippen molar-refractivity contribution in [3.8, 4) is 11.4 Å². The van der Waals surface area contributed by atoms with Crippen LogP contribution in [0.15, 0.2) is 53.1 Å². The normalized spacial score (nSPS) is 16.4. The maximum atomic E-state index is 13.1. The van der Waals surface area contributed by atoms with Crippen LogP contribution in [0.4, 0.5) is 5.69 Å². The molecule has 4 rings (SSSR count). The topological polar surface area (TPSA) is 100 Å². The number of amides is 2. The number of carbonyl (C=O) groups is 2. The largest absolute Gasteiger partial charge is 0.350 e. The molecule has 8 nitrogen and oxygen atoms in total. The predicted molar refractivity (Wildman–Crippen MR) is 130 cm³/mol. The first kappa shape index (κ1) is 23.6. The van der Waals surface area contributed by atoms with Crippen LogP contribution in [0.3, 0.4) is 0 Å². The van der Waals surface area contributed by atoms with E-state index in [1.807, 2.05) is 51.1 Å². The third kappa shape index (κ3) is 5.88. The molecule has 2 N–H and O–H groups in total. The number of piperidine rings is 1. The van der Waals surface area contributed by atoms with E-state index in [4.69, 9.17) is 4.52 Å². The van der Waals surface area contributed by atoms with Crippen molar-refractivity contribution >= 4 is 17.5 Å². The Morgan fingerprint density at radius 2 is 1.91 bits per heavy atom. The molecule has 3 aromatic rings. The lowest BCUT2D eigenvalue weighted by molar-refractivity contribution is -0.121. The Morgan fingerprint density at radius 1 is 1.15 bits per heavy atom. The lowest BCUT2D eigenvalue weighted by Gasteiger charge is -2.31. The first-order valence-electron chi connectivity index (χ1n) is 11.7. The molecule has 0 spiro atoms. The van der Waals surface area contributed by atoms with E-state index < -0.39 is 0 Å². The fourth-order valence-corrected chi connectivity index (χ4v) is 4.11. The highest BCUT2D eigenvalue weighted by Gasteiger charge is 2.28. The van der Waals surface area contributed by atoms with Crippen molar-refractivity contribution in [3.63, 3.8) is 0 Å². The number of aryl methyl sites for hydroxylation is 1. The molecule has 0 radical (unpaired) electrons. The molecule has 2 heterocycles. The summed E-state index contributed by atoms with van der Waals surface area (Å²) >= 11 is 0. The Balaban J connectivity index is 1.38. The third-order valence-electron chi connectivity index (χ3n) is 5.86. The third-order valence-corrected chi connectivity index (χ3v) is 5.86. The number of rotatable bonds is 7. The summed E-state index contributed by atoms with van der Waals surface area (Å²) in [4.78, 5) is 32.3. The quantitative estimate of drug-likeness (QED) is 0.551. The fourth-order valence-electron chi connectivity index (χ4n) is 4.11. The standard InChI is InChI=1S/C26H31N5O3/c1-17(2)27-26(33)21-8-4-5-9-22(21)28-25(32)20-7-6-14-31(15-20)16-23-29-24(30-34-23)19-12-10-18(3)11-13-19/h4-5,8-13,17,20H,6-7,14-16H2,1-3H3,(H,27,33)(H,28,32). The fraction of sp³-hybridized carbons (Fsp3) is 0.385. The molecule has 0 saturated carbocycles. The molecule has 2 aromatic carbocycles. The van der Waals surface area contributed by atoms with Gasteiger partial charge in [0.1, 0.15) is 0 Å². The van der Waals surface area contributed by atoms with Crippen molar-refractivity contribution in [2.45, 2.75) is 46.2 Å². The lowest BCUT2D eigenvalue weighted by Crippen LogP contribution is -2.40. The molecule has 34 heavy (non-hydrogen) atoms. The van der Waals surface area contributed by atoms with E-state index in [1.54, 1.807) is 18.2 Å². The number of hydrogen-bond acceptors (Lipinski definition) is 6. The first-order chi connectivity index (χ1) is 16.4. The van der Waals surface area contributed by atoms with Crippen LogP contribution in [-0.2, 0) is 11.3 Å². The highest BCUT2D eigenvalue weighted by molar-refractivity contribution is 6.04. The van der Waals surface area contributed by atoms with E-state index in [2.05, 4.69) is 25.7 Å². The number of para-hydroxylation sites is 1. The van der Waals surface area contributed by atoms with E-state index in [-0.39, 0.29) is 23.8 Å². The zero-order valence-corrected chi connectivity index (χ0v) is 19.9. The molecule has 1 aliphatic rings. The highest BCUT2D eigenvalue weighted by atomic mass is 16.5. The van der Waals surface area contributed by atoms with Crippen molar-refractivity contribution < 1.29 is 14.1 Å². The van der Waals surface area contributed by atoms with Crippen LogP contribution in [0.5, 0.6) is 0 Å². The summed E-state index contributed by atoms with van der Waals surface area (Å²) in [7, 11) is 0. The molecule has 1 aromatic heterocycles. The summed E-state index contributed by atoms with van der Waals surface area (Å²) in [5, 5.41) is 9.96. The van der Waals surface area contributed by atoms with Gasteiger partial charge in [-0.15, -0.1) is 0 Å². The molecule has 0 aliphatic carbocycles. The molecule has 1 aliphatic heterocycles. The van der Waals surface area contributed by atoms with Gasteiger partial charge in [0.15, 0.2) is 0 Å². The second-order valence-electron chi connectivity index (χ2n) is 9.12. The van der Waals surface area contributed by atoms with Crippen LogP contribution >= 0.6 is 0 Å². The van der Waals surface area contributed by atoms with Gasteiger partial charge in [-0.2, -0.15) is 4.98 Å². The highest BCUT2D eigenvalue weighted by Crippen LogP contribution is 2.23. The van der Waals surface area contributed by atoms with Gasteiger partial charge in [-0.05, 0) is 52.3 Å². The van der Waals surface area contributed by atoms with Crippen LogP contribution < -0.4 is 10.6 Å². The van der Waals surface area contributed by atoms with Crippen LogP contribution in [0.25, 0.3) is 11.4 Å². The molecule has 1 fully saturated rings. The van der Waals surface area contributed by atoms with E-state index in [9.17, 15) is 9.59 Å². The number of hydrogen-bond donors (Lipinski definition) is 2. The molecular formula is C26H31N5O3. The van der Waals surface area contributed by atoms with Crippen LogP contribution in [0, 0.1) is 12.8 Å². The van der Waals surface area contributed by atoms with Gasteiger partial charge in [-0.25, -0.2) is 0 Å². The maximum Gasteiger partial charge on any atom is 0.253 e. The SMILES string of the molecule is Cc1ccc(-c2noc(CN3CCCC(C(=O)Nc4ccccc4C(=O)NC(C)C)C3)n2)cc1. The molecule has 178 valence electrons.